The van der Waals surface area contributed by atoms with Crippen molar-refractivity contribution < 1.29 is 9.53 Å². The Morgan fingerprint density at radius 3 is 2.75 bits per heavy atom. The Hall–Kier alpha value is -3.42. The van der Waals surface area contributed by atoms with Crippen molar-refractivity contribution in [2.75, 3.05) is 20.2 Å². The van der Waals surface area contributed by atoms with E-state index in [-0.39, 0.29) is 6.03 Å². The number of aromatic nitrogens is 4. The van der Waals surface area contributed by atoms with Gasteiger partial charge in [0.25, 0.3) is 0 Å². The van der Waals surface area contributed by atoms with Gasteiger partial charge < -0.3 is 9.64 Å². The highest BCUT2D eigenvalue weighted by Crippen LogP contribution is 2.16. The van der Waals surface area contributed by atoms with Gasteiger partial charge in [0.1, 0.15) is 11.3 Å². The minimum absolute atomic E-state index is 0.324. The summed E-state index contributed by atoms with van der Waals surface area (Å²) in [6.07, 6.45) is 7.08. The molecule has 0 radical (unpaired) electrons. The second-order valence-corrected chi connectivity index (χ2v) is 6.70. The average molecular weight is 379 g/mol. The van der Waals surface area contributed by atoms with E-state index in [4.69, 9.17) is 4.74 Å². The molecule has 0 N–H and O–H groups in total. The minimum atomic E-state index is -0.407. The summed E-state index contributed by atoms with van der Waals surface area (Å²) < 4.78 is 7.77. The summed E-state index contributed by atoms with van der Waals surface area (Å²) >= 11 is 0. The molecule has 0 spiro atoms. The van der Waals surface area contributed by atoms with Crippen LogP contribution >= 0.6 is 0 Å². The third-order valence-corrected chi connectivity index (χ3v) is 4.91. The standard InChI is InChI=1S/C20H21N5O3/c1-23-16-13-21-17(9-8-14-6-5-7-15(12-14)28-2)22-18(16)25(19(23)26)20(27)24-10-3-4-11-24/h5-9,12-13H,3-4,10-11H2,1-2H3. The number of fused-ring (bicyclic) bond motifs is 1. The highest BCUT2D eigenvalue weighted by atomic mass is 16.5. The predicted molar refractivity (Wildman–Crippen MR) is 106 cm³/mol. The van der Waals surface area contributed by atoms with Crippen LogP contribution in [-0.2, 0) is 7.05 Å². The molecule has 0 unspecified atom stereocenters. The van der Waals surface area contributed by atoms with Gasteiger partial charge in [0, 0.05) is 20.1 Å². The van der Waals surface area contributed by atoms with Gasteiger partial charge in [-0.3, -0.25) is 4.57 Å². The molecule has 4 rings (SSSR count). The number of benzene rings is 1. The zero-order chi connectivity index (χ0) is 19.7. The number of imidazole rings is 1. The van der Waals surface area contributed by atoms with Crippen LogP contribution in [0.4, 0.5) is 4.79 Å². The largest absolute Gasteiger partial charge is 0.497 e. The maximum atomic E-state index is 12.8. The van der Waals surface area contributed by atoms with Crippen LogP contribution < -0.4 is 10.4 Å². The smallest absolute Gasteiger partial charge is 0.338 e. The number of amides is 1. The Morgan fingerprint density at radius 1 is 1.21 bits per heavy atom. The Morgan fingerprint density at radius 2 is 2.00 bits per heavy atom. The van der Waals surface area contributed by atoms with E-state index in [0.717, 1.165) is 28.7 Å². The van der Waals surface area contributed by atoms with Crippen molar-refractivity contribution in [1.82, 2.24) is 24.0 Å². The van der Waals surface area contributed by atoms with Crippen LogP contribution in [0, 0.1) is 0 Å². The Kier molecular flexibility index (Phi) is 4.68. The quantitative estimate of drug-likeness (QED) is 0.698. The number of nitrogens with zero attached hydrogens (tertiary/aromatic N) is 5. The summed E-state index contributed by atoms with van der Waals surface area (Å²) in [5, 5.41) is 0. The van der Waals surface area contributed by atoms with Crippen LogP contribution in [0.15, 0.2) is 35.3 Å². The van der Waals surface area contributed by atoms with Gasteiger partial charge in [-0.25, -0.2) is 19.6 Å². The van der Waals surface area contributed by atoms with Crippen molar-refractivity contribution in [3.05, 3.63) is 52.3 Å². The SMILES string of the molecule is COc1cccc(C=Cc2ncc3c(n2)n(C(=O)N2CCCC2)c(=O)n3C)c1. The molecular formula is C20H21N5O3. The van der Waals surface area contributed by atoms with Gasteiger partial charge in [-0.2, -0.15) is 4.57 Å². The zero-order valence-corrected chi connectivity index (χ0v) is 15.8. The van der Waals surface area contributed by atoms with E-state index >= 15 is 0 Å². The number of likely N-dealkylation sites (tertiary alicyclic amines) is 1. The topological polar surface area (TPSA) is 82.2 Å². The summed E-state index contributed by atoms with van der Waals surface area (Å²) in [5.41, 5.74) is 1.37. The van der Waals surface area contributed by atoms with Crippen LogP contribution in [0.2, 0.25) is 0 Å². The molecule has 0 aliphatic carbocycles. The Bertz CT molecular complexity index is 1120. The number of rotatable bonds is 3. The summed E-state index contributed by atoms with van der Waals surface area (Å²) in [6, 6.07) is 7.27. The molecule has 144 valence electrons. The zero-order valence-electron chi connectivity index (χ0n) is 15.8. The molecule has 1 aliphatic heterocycles. The van der Waals surface area contributed by atoms with Gasteiger partial charge in [-0.1, -0.05) is 18.2 Å². The van der Waals surface area contributed by atoms with Crippen molar-refractivity contribution in [1.29, 1.82) is 0 Å². The van der Waals surface area contributed by atoms with Crippen molar-refractivity contribution in [2.24, 2.45) is 7.05 Å². The average Bonchev–Trinajstić information content (AvgIpc) is 3.34. The first-order chi connectivity index (χ1) is 13.6. The van der Waals surface area contributed by atoms with Crippen molar-refractivity contribution >= 4 is 29.3 Å². The third kappa shape index (κ3) is 3.17. The Labute approximate surface area is 161 Å². The number of aryl methyl sites for hydroxylation is 1. The van der Waals surface area contributed by atoms with Crippen LogP contribution in [0.3, 0.4) is 0 Å². The first-order valence-electron chi connectivity index (χ1n) is 9.14. The van der Waals surface area contributed by atoms with Crippen molar-refractivity contribution in [3.63, 3.8) is 0 Å². The van der Waals surface area contributed by atoms with Gasteiger partial charge in [-0.05, 0) is 36.6 Å². The van der Waals surface area contributed by atoms with Crippen molar-refractivity contribution in [2.45, 2.75) is 12.8 Å². The second-order valence-electron chi connectivity index (χ2n) is 6.70. The summed E-state index contributed by atoms with van der Waals surface area (Å²) in [7, 11) is 3.24. The number of ether oxygens (including phenoxy) is 1. The van der Waals surface area contributed by atoms with Crippen molar-refractivity contribution in [3.8, 4) is 5.75 Å². The lowest BCUT2D eigenvalue weighted by Crippen LogP contribution is -2.38. The lowest BCUT2D eigenvalue weighted by atomic mass is 10.2. The number of hydrogen-bond donors (Lipinski definition) is 0. The lowest BCUT2D eigenvalue weighted by Gasteiger charge is -2.14. The molecule has 0 saturated carbocycles. The third-order valence-electron chi connectivity index (χ3n) is 4.91. The van der Waals surface area contributed by atoms with E-state index in [1.54, 1.807) is 31.3 Å². The maximum Gasteiger partial charge on any atom is 0.338 e. The normalized spacial score (nSPS) is 14.3. The fourth-order valence-electron chi connectivity index (χ4n) is 3.34. The molecule has 0 bridgehead atoms. The van der Waals surface area contributed by atoms with Crippen LogP contribution in [0.5, 0.6) is 5.75 Å². The molecule has 3 aromatic rings. The molecule has 1 aromatic carbocycles. The van der Waals surface area contributed by atoms with E-state index < -0.39 is 5.69 Å². The summed E-state index contributed by atoms with van der Waals surface area (Å²) in [5.74, 6) is 1.18. The minimum Gasteiger partial charge on any atom is -0.497 e. The number of carbonyl (C=O) groups is 1. The monoisotopic (exact) mass is 379 g/mol. The fraction of sp³-hybridized carbons (Fsp3) is 0.300. The van der Waals surface area contributed by atoms with Gasteiger partial charge in [0.2, 0.25) is 0 Å². The molecule has 3 heterocycles. The van der Waals surface area contributed by atoms with Crippen LogP contribution in [0.1, 0.15) is 24.2 Å². The first-order valence-corrected chi connectivity index (χ1v) is 9.14. The van der Waals surface area contributed by atoms with E-state index in [1.165, 1.54) is 4.57 Å². The molecule has 1 saturated heterocycles. The van der Waals surface area contributed by atoms with Gasteiger partial charge in [0.15, 0.2) is 11.5 Å². The van der Waals surface area contributed by atoms with E-state index in [1.807, 2.05) is 30.3 Å². The Balaban J connectivity index is 1.73. The molecule has 1 amide bonds. The van der Waals surface area contributed by atoms with E-state index in [9.17, 15) is 9.59 Å². The van der Waals surface area contributed by atoms with Crippen LogP contribution in [-0.4, -0.2) is 50.2 Å². The van der Waals surface area contributed by atoms with Gasteiger partial charge in [-0.15, -0.1) is 0 Å². The second kappa shape index (κ2) is 7.30. The molecule has 0 atom stereocenters. The highest BCUT2D eigenvalue weighted by Gasteiger charge is 2.25. The molecule has 8 heteroatoms. The van der Waals surface area contributed by atoms with Crippen LogP contribution in [0.25, 0.3) is 23.3 Å². The molecule has 1 aliphatic rings. The number of carbonyl (C=O) groups excluding carboxylic acids is 1. The molecular weight excluding hydrogens is 358 g/mol. The number of methoxy groups -OCH3 is 1. The lowest BCUT2D eigenvalue weighted by molar-refractivity contribution is 0.210. The van der Waals surface area contributed by atoms with Gasteiger partial charge in [0.05, 0.1) is 13.3 Å². The predicted octanol–water partition coefficient (Wildman–Crippen LogP) is 2.37. The first kappa shape index (κ1) is 18.0. The number of hydrogen-bond acceptors (Lipinski definition) is 5. The summed E-state index contributed by atoms with van der Waals surface area (Å²) in [4.78, 5) is 35.9. The highest BCUT2D eigenvalue weighted by molar-refractivity contribution is 5.87. The van der Waals surface area contributed by atoms with E-state index in [0.29, 0.717) is 30.1 Å². The molecule has 1 fully saturated rings. The van der Waals surface area contributed by atoms with E-state index in [2.05, 4.69) is 9.97 Å². The fourth-order valence-corrected chi connectivity index (χ4v) is 3.34. The molecule has 28 heavy (non-hydrogen) atoms. The van der Waals surface area contributed by atoms with Gasteiger partial charge >= 0.3 is 11.7 Å². The summed E-state index contributed by atoms with van der Waals surface area (Å²) in [6.45, 7) is 1.32. The molecule has 8 nitrogen and oxygen atoms in total. The maximum absolute atomic E-state index is 12.8. The molecule has 2 aromatic heterocycles.